The number of aromatic nitrogens is 4. The van der Waals surface area contributed by atoms with Crippen molar-refractivity contribution in [2.45, 2.75) is 65.5 Å². The predicted molar refractivity (Wildman–Crippen MR) is 149 cm³/mol. The van der Waals surface area contributed by atoms with Crippen LogP contribution in [0.1, 0.15) is 58.1 Å². The summed E-state index contributed by atoms with van der Waals surface area (Å²) in [5, 5.41) is 17.0. The maximum absolute atomic E-state index is 14.4. The highest BCUT2D eigenvalue weighted by Crippen LogP contribution is 2.41. The van der Waals surface area contributed by atoms with Crippen molar-refractivity contribution in [1.29, 1.82) is 0 Å². The minimum absolute atomic E-state index is 0.0764. The van der Waals surface area contributed by atoms with Gasteiger partial charge in [0.2, 0.25) is 11.7 Å². The van der Waals surface area contributed by atoms with Crippen molar-refractivity contribution in [3.8, 4) is 11.4 Å². The summed E-state index contributed by atoms with van der Waals surface area (Å²) in [6, 6.07) is 11.2. The molecule has 0 radical (unpaired) electrons. The van der Waals surface area contributed by atoms with Gasteiger partial charge in [0.05, 0.1) is 0 Å². The monoisotopic (exact) mass is 532 g/mol. The van der Waals surface area contributed by atoms with Crippen LogP contribution in [0.5, 0.6) is 0 Å². The molecule has 0 saturated heterocycles. The second kappa shape index (κ2) is 10.8. The van der Waals surface area contributed by atoms with Crippen LogP contribution in [0.4, 0.5) is 16.2 Å². The zero-order valence-corrected chi connectivity index (χ0v) is 23.2. The highest BCUT2D eigenvalue weighted by molar-refractivity contribution is 6.08. The molecule has 206 valence electrons. The summed E-state index contributed by atoms with van der Waals surface area (Å²) in [6.07, 6.45) is 0.333. The van der Waals surface area contributed by atoms with E-state index in [0.29, 0.717) is 29.2 Å². The number of amides is 4. The molecule has 0 fully saturated rings. The zero-order valence-electron chi connectivity index (χ0n) is 23.2. The Balaban J connectivity index is 1.84. The van der Waals surface area contributed by atoms with Crippen LogP contribution in [-0.2, 0) is 9.59 Å². The summed E-state index contributed by atoms with van der Waals surface area (Å²) in [6.45, 7) is 11.6. The minimum Gasteiger partial charge on any atom is -0.351 e. The molecule has 1 aliphatic heterocycles. The van der Waals surface area contributed by atoms with Gasteiger partial charge in [-0.3, -0.25) is 14.5 Å². The molecule has 2 aromatic carbocycles. The van der Waals surface area contributed by atoms with Crippen molar-refractivity contribution >= 4 is 29.2 Å². The summed E-state index contributed by atoms with van der Waals surface area (Å²) in [5.41, 5.74) is 9.10. The Morgan fingerprint density at radius 1 is 1.21 bits per heavy atom. The maximum atomic E-state index is 14.4. The number of nitrogens with zero attached hydrogens (tertiary/aromatic N) is 5. The number of benzene rings is 2. The Morgan fingerprint density at radius 3 is 2.56 bits per heavy atom. The normalized spacial score (nSPS) is 17.5. The number of hydrogen-bond acceptors (Lipinski definition) is 6. The second-order valence-corrected chi connectivity index (χ2v) is 11.4. The highest BCUT2D eigenvalue weighted by atomic mass is 16.2. The topological polar surface area (TPSA) is 150 Å². The number of aromatic amines is 1. The average molecular weight is 533 g/mol. The van der Waals surface area contributed by atoms with Crippen LogP contribution in [0.15, 0.2) is 42.5 Å². The van der Waals surface area contributed by atoms with Crippen LogP contribution >= 0.6 is 0 Å². The number of urea groups is 1. The fourth-order valence-corrected chi connectivity index (χ4v) is 5.12. The van der Waals surface area contributed by atoms with Crippen LogP contribution in [-0.4, -0.2) is 56.6 Å². The quantitative estimate of drug-likeness (QED) is 0.442. The van der Waals surface area contributed by atoms with Crippen LogP contribution < -0.4 is 20.9 Å². The smallest absolute Gasteiger partial charge is 0.320 e. The molecule has 11 nitrogen and oxygen atoms in total. The largest absolute Gasteiger partial charge is 0.351 e. The summed E-state index contributed by atoms with van der Waals surface area (Å²) in [7, 11) is 0. The van der Waals surface area contributed by atoms with Crippen LogP contribution in [0.2, 0.25) is 0 Å². The third kappa shape index (κ3) is 6.08. The number of tetrazole rings is 1. The molecule has 0 aliphatic carbocycles. The number of rotatable bonds is 6. The van der Waals surface area contributed by atoms with Crippen molar-refractivity contribution in [1.82, 2.24) is 25.9 Å². The van der Waals surface area contributed by atoms with Crippen molar-refractivity contribution in [2.75, 3.05) is 16.3 Å². The Morgan fingerprint density at radius 2 is 1.95 bits per heavy atom. The molecule has 0 spiro atoms. The lowest BCUT2D eigenvalue weighted by Crippen LogP contribution is -2.55. The molecule has 0 saturated carbocycles. The lowest BCUT2D eigenvalue weighted by Gasteiger charge is -2.33. The van der Waals surface area contributed by atoms with Gasteiger partial charge >= 0.3 is 6.03 Å². The van der Waals surface area contributed by atoms with E-state index in [2.05, 4.69) is 39.8 Å². The fraction of sp³-hybridized carbons (Fsp3) is 0.429. The van der Waals surface area contributed by atoms with Gasteiger partial charge in [-0.15, -0.1) is 10.2 Å². The first-order chi connectivity index (χ1) is 18.4. The molecule has 4 amide bonds. The van der Waals surface area contributed by atoms with Gasteiger partial charge in [0.15, 0.2) is 0 Å². The average Bonchev–Trinajstić information content (AvgIpc) is 3.35. The Labute approximate surface area is 228 Å². The number of fused-ring (bicyclic) bond motifs is 1. The first-order valence-corrected chi connectivity index (χ1v) is 13.0. The van der Waals surface area contributed by atoms with E-state index in [1.807, 2.05) is 45.9 Å². The summed E-state index contributed by atoms with van der Waals surface area (Å²) in [4.78, 5) is 43.3. The lowest BCUT2D eigenvalue weighted by atomic mass is 9.83. The molecule has 2 unspecified atom stereocenters. The second-order valence-electron chi connectivity index (χ2n) is 11.4. The predicted octanol–water partition coefficient (Wildman–Crippen LogP) is 3.52. The van der Waals surface area contributed by atoms with Gasteiger partial charge in [0, 0.05) is 22.5 Å². The molecule has 1 aromatic heterocycles. The fourth-order valence-electron chi connectivity index (χ4n) is 5.12. The number of nitrogens with two attached hydrogens (primary N) is 1. The summed E-state index contributed by atoms with van der Waals surface area (Å²) >= 11 is 0. The Kier molecular flexibility index (Phi) is 7.71. The van der Waals surface area contributed by atoms with E-state index < -0.39 is 17.6 Å². The van der Waals surface area contributed by atoms with E-state index in [4.69, 9.17) is 5.73 Å². The van der Waals surface area contributed by atoms with E-state index in [0.717, 1.165) is 11.1 Å². The number of nitrogens with one attached hydrogen (secondary N) is 2. The maximum Gasteiger partial charge on any atom is 0.320 e. The van der Waals surface area contributed by atoms with Crippen LogP contribution in [0, 0.1) is 12.8 Å². The standard InChI is InChI=1S/C28H36N8O3/c1-16(2)21-14-23(36(27(29)39)19-9-7-8-18(13-19)25-31-33-34-32-25)26(38)35(15-24(37)30-28(4,5)6)22-12-17(3)10-11-20(21)22/h7-13,16,21,23H,14-15H2,1-6H3,(H2,29,39)(H,30,37)(H,31,32,33,34). The number of aryl methyl sites for hydroxylation is 1. The number of H-pyrrole nitrogens is 1. The zero-order chi connectivity index (χ0) is 28.5. The first kappa shape index (κ1) is 27.7. The van der Waals surface area contributed by atoms with Crippen LogP contribution in [0.25, 0.3) is 11.4 Å². The number of anilines is 2. The lowest BCUT2D eigenvalue weighted by molar-refractivity contribution is -0.125. The molecule has 39 heavy (non-hydrogen) atoms. The molecular weight excluding hydrogens is 496 g/mol. The van der Waals surface area contributed by atoms with E-state index in [-0.39, 0.29) is 30.2 Å². The van der Waals surface area contributed by atoms with E-state index >= 15 is 0 Å². The van der Waals surface area contributed by atoms with Gasteiger partial charge in [0.25, 0.3) is 5.91 Å². The van der Waals surface area contributed by atoms with Crippen molar-refractivity contribution in [3.05, 3.63) is 53.6 Å². The molecule has 0 bridgehead atoms. The van der Waals surface area contributed by atoms with E-state index in [9.17, 15) is 14.4 Å². The molecular formula is C28H36N8O3. The number of hydrogen-bond donors (Lipinski definition) is 3. The third-order valence-corrected chi connectivity index (χ3v) is 6.80. The molecule has 4 N–H and O–H groups in total. The highest BCUT2D eigenvalue weighted by Gasteiger charge is 2.42. The number of carbonyl (C=O) groups is 3. The summed E-state index contributed by atoms with van der Waals surface area (Å²) < 4.78 is 0. The minimum atomic E-state index is -0.953. The van der Waals surface area contributed by atoms with Gasteiger partial charge < -0.3 is 16.0 Å². The molecule has 1 aliphatic rings. The van der Waals surface area contributed by atoms with Gasteiger partial charge in [-0.2, -0.15) is 5.21 Å². The van der Waals surface area contributed by atoms with Crippen molar-refractivity contribution < 1.29 is 14.4 Å². The molecule has 11 heteroatoms. The molecule has 4 rings (SSSR count). The molecule has 2 atom stereocenters. The number of carbonyl (C=O) groups excluding carboxylic acids is 3. The van der Waals surface area contributed by atoms with E-state index in [1.165, 1.54) is 9.80 Å². The Bertz CT molecular complexity index is 1360. The SMILES string of the molecule is Cc1ccc2c(c1)N(CC(=O)NC(C)(C)C)C(=O)C(N(C(N)=O)c1cccc(-c3nn[nH]n3)c1)CC2C(C)C. The van der Waals surface area contributed by atoms with Gasteiger partial charge in [-0.05, 0) is 80.5 Å². The van der Waals surface area contributed by atoms with Gasteiger partial charge in [-0.25, -0.2) is 4.79 Å². The van der Waals surface area contributed by atoms with Crippen LogP contribution in [0.3, 0.4) is 0 Å². The van der Waals surface area contributed by atoms with Crippen molar-refractivity contribution in [2.24, 2.45) is 11.7 Å². The van der Waals surface area contributed by atoms with Gasteiger partial charge in [0.1, 0.15) is 12.6 Å². The molecule has 3 aromatic rings. The van der Waals surface area contributed by atoms with Gasteiger partial charge in [-0.1, -0.05) is 38.1 Å². The third-order valence-electron chi connectivity index (χ3n) is 6.80. The number of primary amides is 1. The Hall–Kier alpha value is -4.28. The van der Waals surface area contributed by atoms with Crippen molar-refractivity contribution in [3.63, 3.8) is 0 Å². The van der Waals surface area contributed by atoms with E-state index in [1.54, 1.807) is 24.3 Å². The molecule has 2 heterocycles. The summed E-state index contributed by atoms with van der Waals surface area (Å²) in [5.74, 6) is -0.262. The first-order valence-electron chi connectivity index (χ1n) is 13.0.